The van der Waals surface area contributed by atoms with Gasteiger partial charge in [0.1, 0.15) is 0 Å². The molecule has 0 spiro atoms. The maximum absolute atomic E-state index is 12.1. The lowest BCUT2D eigenvalue weighted by Gasteiger charge is -2.15. The summed E-state index contributed by atoms with van der Waals surface area (Å²) in [7, 11) is 0. The van der Waals surface area contributed by atoms with Crippen LogP contribution in [0.4, 0.5) is 0 Å². The van der Waals surface area contributed by atoms with Gasteiger partial charge in [0.25, 0.3) is 0 Å². The van der Waals surface area contributed by atoms with Crippen LogP contribution in [0, 0.1) is 5.92 Å². The topological polar surface area (TPSA) is 72.9 Å². The molecule has 5 heteroatoms. The molecule has 2 aromatic rings. The molecule has 1 atom stereocenters. The Morgan fingerprint density at radius 2 is 2.19 bits per heavy atom. The van der Waals surface area contributed by atoms with Crippen LogP contribution in [-0.2, 0) is 11.3 Å². The van der Waals surface area contributed by atoms with Gasteiger partial charge in [-0.3, -0.25) is 4.79 Å². The second kappa shape index (κ2) is 7.59. The Hall–Kier alpha value is -2.14. The summed E-state index contributed by atoms with van der Waals surface area (Å²) >= 11 is 0. The standard InChI is InChI=1S/C16H22N4O/c1-2-6-13(11-17)16(21)18-12-14-7-3-4-8-15(14)20-10-5-9-19-20/h3-5,7-10,13H,2,6,11-12,17H2,1H3,(H,18,21). The first-order valence-corrected chi connectivity index (χ1v) is 7.32. The Labute approximate surface area is 125 Å². The van der Waals surface area contributed by atoms with Gasteiger partial charge in [0.15, 0.2) is 0 Å². The molecule has 1 heterocycles. The number of rotatable bonds is 7. The van der Waals surface area contributed by atoms with Crippen molar-refractivity contribution in [2.45, 2.75) is 26.3 Å². The average molecular weight is 286 g/mol. The number of amides is 1. The van der Waals surface area contributed by atoms with E-state index in [9.17, 15) is 4.79 Å². The van der Waals surface area contributed by atoms with Crippen LogP contribution >= 0.6 is 0 Å². The smallest absolute Gasteiger partial charge is 0.224 e. The second-order valence-electron chi connectivity index (χ2n) is 5.02. The van der Waals surface area contributed by atoms with E-state index in [1.54, 1.807) is 10.9 Å². The van der Waals surface area contributed by atoms with Gasteiger partial charge in [-0.2, -0.15) is 5.10 Å². The molecule has 0 saturated carbocycles. The first-order valence-electron chi connectivity index (χ1n) is 7.32. The number of para-hydroxylation sites is 1. The highest BCUT2D eigenvalue weighted by Gasteiger charge is 2.15. The van der Waals surface area contributed by atoms with E-state index < -0.39 is 0 Å². The van der Waals surface area contributed by atoms with Crippen molar-refractivity contribution in [3.63, 3.8) is 0 Å². The van der Waals surface area contributed by atoms with Crippen molar-refractivity contribution in [1.29, 1.82) is 0 Å². The molecule has 2 rings (SSSR count). The molecule has 112 valence electrons. The monoisotopic (exact) mass is 286 g/mol. The van der Waals surface area contributed by atoms with Gasteiger partial charge in [-0.1, -0.05) is 31.5 Å². The number of aromatic nitrogens is 2. The van der Waals surface area contributed by atoms with Gasteiger partial charge in [0.05, 0.1) is 11.6 Å². The summed E-state index contributed by atoms with van der Waals surface area (Å²) in [4.78, 5) is 12.1. The number of hydrogen-bond acceptors (Lipinski definition) is 3. The fraction of sp³-hybridized carbons (Fsp3) is 0.375. The zero-order valence-corrected chi connectivity index (χ0v) is 12.3. The number of nitrogens with one attached hydrogen (secondary N) is 1. The highest BCUT2D eigenvalue weighted by atomic mass is 16.1. The summed E-state index contributed by atoms with van der Waals surface area (Å²) in [6.45, 7) is 2.93. The van der Waals surface area contributed by atoms with Gasteiger partial charge in [-0.25, -0.2) is 4.68 Å². The predicted octanol–water partition coefficient (Wildman–Crippen LogP) is 1.86. The normalized spacial score (nSPS) is 12.1. The lowest BCUT2D eigenvalue weighted by Crippen LogP contribution is -2.34. The minimum Gasteiger partial charge on any atom is -0.352 e. The largest absolute Gasteiger partial charge is 0.352 e. The zero-order valence-electron chi connectivity index (χ0n) is 12.3. The van der Waals surface area contributed by atoms with Crippen molar-refractivity contribution in [3.05, 3.63) is 48.3 Å². The third kappa shape index (κ3) is 3.92. The lowest BCUT2D eigenvalue weighted by molar-refractivity contribution is -0.125. The summed E-state index contributed by atoms with van der Waals surface area (Å²) in [5.41, 5.74) is 7.66. The number of nitrogens with two attached hydrogens (primary N) is 1. The Morgan fingerprint density at radius 3 is 2.86 bits per heavy atom. The van der Waals surface area contributed by atoms with Crippen molar-refractivity contribution in [1.82, 2.24) is 15.1 Å². The predicted molar refractivity (Wildman–Crippen MR) is 82.9 cm³/mol. The molecule has 0 aliphatic rings. The van der Waals surface area contributed by atoms with E-state index in [4.69, 9.17) is 5.73 Å². The zero-order chi connectivity index (χ0) is 15.1. The van der Waals surface area contributed by atoms with E-state index in [2.05, 4.69) is 17.3 Å². The van der Waals surface area contributed by atoms with Gasteiger partial charge in [-0.05, 0) is 24.1 Å². The quantitative estimate of drug-likeness (QED) is 0.816. The van der Waals surface area contributed by atoms with Crippen LogP contribution in [0.5, 0.6) is 0 Å². The SMILES string of the molecule is CCCC(CN)C(=O)NCc1ccccc1-n1cccn1. The molecule has 5 nitrogen and oxygen atoms in total. The second-order valence-corrected chi connectivity index (χ2v) is 5.02. The maximum atomic E-state index is 12.1. The van der Waals surface area contributed by atoms with Gasteiger partial charge in [0, 0.05) is 25.5 Å². The molecule has 0 radical (unpaired) electrons. The van der Waals surface area contributed by atoms with Crippen LogP contribution in [0.2, 0.25) is 0 Å². The molecule has 21 heavy (non-hydrogen) atoms. The summed E-state index contributed by atoms with van der Waals surface area (Å²) in [5, 5.41) is 7.22. The number of hydrogen-bond donors (Lipinski definition) is 2. The highest BCUT2D eigenvalue weighted by Crippen LogP contribution is 2.13. The molecule has 1 amide bonds. The van der Waals surface area contributed by atoms with Crippen LogP contribution in [0.3, 0.4) is 0 Å². The lowest BCUT2D eigenvalue weighted by atomic mass is 10.0. The Morgan fingerprint density at radius 1 is 1.38 bits per heavy atom. The minimum absolute atomic E-state index is 0.0228. The third-order valence-electron chi connectivity index (χ3n) is 3.49. The van der Waals surface area contributed by atoms with Crippen LogP contribution < -0.4 is 11.1 Å². The number of benzene rings is 1. The molecule has 1 aromatic heterocycles. The van der Waals surface area contributed by atoms with Gasteiger partial charge >= 0.3 is 0 Å². The van der Waals surface area contributed by atoms with E-state index in [1.807, 2.05) is 36.5 Å². The van der Waals surface area contributed by atoms with E-state index in [1.165, 1.54) is 0 Å². The van der Waals surface area contributed by atoms with Gasteiger partial charge in [-0.15, -0.1) is 0 Å². The molecule has 0 aliphatic heterocycles. The minimum atomic E-state index is -0.105. The van der Waals surface area contributed by atoms with E-state index in [0.717, 1.165) is 24.1 Å². The number of nitrogens with zero attached hydrogens (tertiary/aromatic N) is 2. The number of carbonyl (C=O) groups excluding carboxylic acids is 1. The van der Waals surface area contributed by atoms with Crippen molar-refractivity contribution in [2.75, 3.05) is 6.54 Å². The molecule has 3 N–H and O–H groups in total. The molecule has 0 aliphatic carbocycles. The maximum Gasteiger partial charge on any atom is 0.224 e. The molecule has 0 saturated heterocycles. The molecule has 0 bridgehead atoms. The summed E-state index contributed by atoms with van der Waals surface area (Å²) in [6.07, 6.45) is 5.41. The van der Waals surface area contributed by atoms with Crippen molar-refractivity contribution in [3.8, 4) is 5.69 Å². The Kier molecular flexibility index (Phi) is 5.51. The molecule has 0 fully saturated rings. The Balaban J connectivity index is 2.05. The van der Waals surface area contributed by atoms with Gasteiger partial charge < -0.3 is 11.1 Å². The van der Waals surface area contributed by atoms with Crippen LogP contribution in [-0.4, -0.2) is 22.2 Å². The number of carbonyl (C=O) groups is 1. The van der Waals surface area contributed by atoms with Crippen LogP contribution in [0.25, 0.3) is 5.69 Å². The Bertz CT molecular complexity index is 565. The van der Waals surface area contributed by atoms with Crippen molar-refractivity contribution in [2.24, 2.45) is 11.7 Å². The van der Waals surface area contributed by atoms with E-state index in [0.29, 0.717) is 13.1 Å². The fourth-order valence-corrected chi connectivity index (χ4v) is 2.33. The average Bonchev–Trinajstić information content (AvgIpc) is 3.04. The third-order valence-corrected chi connectivity index (χ3v) is 3.49. The molecular weight excluding hydrogens is 264 g/mol. The molecular formula is C16H22N4O. The summed E-state index contributed by atoms with van der Waals surface area (Å²) < 4.78 is 1.80. The van der Waals surface area contributed by atoms with Crippen molar-refractivity contribution < 1.29 is 4.79 Å². The molecule has 1 aromatic carbocycles. The van der Waals surface area contributed by atoms with E-state index >= 15 is 0 Å². The summed E-state index contributed by atoms with van der Waals surface area (Å²) in [5.74, 6) is -0.0820. The van der Waals surface area contributed by atoms with Crippen LogP contribution in [0.1, 0.15) is 25.3 Å². The summed E-state index contributed by atoms with van der Waals surface area (Å²) in [6, 6.07) is 9.78. The highest BCUT2D eigenvalue weighted by molar-refractivity contribution is 5.78. The fourth-order valence-electron chi connectivity index (χ4n) is 2.33. The first kappa shape index (κ1) is 15.3. The first-order chi connectivity index (χ1) is 10.3. The van der Waals surface area contributed by atoms with E-state index in [-0.39, 0.29) is 11.8 Å². The van der Waals surface area contributed by atoms with Crippen LogP contribution in [0.15, 0.2) is 42.7 Å². The van der Waals surface area contributed by atoms with Crippen molar-refractivity contribution >= 4 is 5.91 Å². The molecule has 1 unspecified atom stereocenters. The van der Waals surface area contributed by atoms with Gasteiger partial charge in [0.2, 0.25) is 5.91 Å².